The largest absolute Gasteiger partial charge is 0.463 e. The molecule has 0 saturated carbocycles. The first-order valence-electron chi connectivity index (χ1n) is 6.74. The van der Waals surface area contributed by atoms with Crippen molar-refractivity contribution >= 4 is 17.9 Å². The Hall–Kier alpha value is -1.59. The Bertz CT molecular complexity index is 324. The molecule has 0 aliphatic carbocycles. The van der Waals surface area contributed by atoms with Crippen molar-refractivity contribution < 1.29 is 28.6 Å². The fourth-order valence-corrected chi connectivity index (χ4v) is 1.37. The first-order chi connectivity index (χ1) is 9.13. The molecule has 0 fully saturated rings. The van der Waals surface area contributed by atoms with Crippen LogP contribution in [0.25, 0.3) is 0 Å². The van der Waals surface area contributed by atoms with Crippen LogP contribution in [-0.4, -0.2) is 36.2 Å². The molecule has 0 spiro atoms. The topological polar surface area (TPSA) is 78.9 Å². The molecule has 0 atom stereocenters. The Labute approximate surface area is 119 Å². The molecule has 0 radical (unpaired) electrons. The molecule has 0 rings (SSSR count). The van der Waals surface area contributed by atoms with Gasteiger partial charge in [-0.2, -0.15) is 0 Å². The summed E-state index contributed by atoms with van der Waals surface area (Å²) in [4.78, 5) is 35.3. The maximum absolute atomic E-state index is 11.9. The van der Waals surface area contributed by atoms with Gasteiger partial charge in [-0.1, -0.05) is 0 Å². The van der Waals surface area contributed by atoms with Crippen molar-refractivity contribution in [2.45, 2.75) is 66.3 Å². The molecule has 0 saturated heterocycles. The van der Waals surface area contributed by atoms with Crippen LogP contribution in [0.5, 0.6) is 0 Å². The molecular formula is C14H24O6. The van der Waals surface area contributed by atoms with E-state index in [1.165, 1.54) is 0 Å². The van der Waals surface area contributed by atoms with Gasteiger partial charge in [0, 0.05) is 0 Å². The molecule has 0 unspecified atom stereocenters. The molecule has 0 aliphatic heterocycles. The Balaban J connectivity index is 4.82. The predicted molar refractivity (Wildman–Crippen MR) is 71.8 cm³/mol. The van der Waals surface area contributed by atoms with Crippen LogP contribution in [0.15, 0.2) is 0 Å². The van der Waals surface area contributed by atoms with Gasteiger partial charge in [-0.15, -0.1) is 0 Å². The Morgan fingerprint density at radius 3 is 1.35 bits per heavy atom. The van der Waals surface area contributed by atoms with Crippen LogP contribution < -0.4 is 0 Å². The van der Waals surface area contributed by atoms with Crippen LogP contribution in [0.1, 0.15) is 48.0 Å². The third-order valence-electron chi connectivity index (χ3n) is 2.01. The molecule has 0 amide bonds. The number of ether oxygens (including phenoxy) is 3. The molecule has 0 aromatic rings. The van der Waals surface area contributed by atoms with Crippen LogP contribution in [0.2, 0.25) is 0 Å². The highest BCUT2D eigenvalue weighted by Crippen LogP contribution is 2.13. The van der Waals surface area contributed by atoms with E-state index >= 15 is 0 Å². The second-order valence-corrected chi connectivity index (χ2v) is 5.27. The summed E-state index contributed by atoms with van der Waals surface area (Å²) in [7, 11) is 0. The van der Waals surface area contributed by atoms with Crippen molar-refractivity contribution in [2.24, 2.45) is 5.92 Å². The van der Waals surface area contributed by atoms with E-state index in [1.807, 2.05) is 0 Å². The van der Waals surface area contributed by atoms with Crippen molar-refractivity contribution in [3.05, 3.63) is 0 Å². The number of carbonyl (C=O) groups is 3. The molecular weight excluding hydrogens is 264 g/mol. The summed E-state index contributed by atoms with van der Waals surface area (Å²) in [5.41, 5.74) is 0. The van der Waals surface area contributed by atoms with E-state index in [9.17, 15) is 14.4 Å². The third kappa shape index (κ3) is 7.76. The summed E-state index contributed by atoms with van der Waals surface area (Å²) < 4.78 is 14.9. The normalized spacial score (nSPS) is 11.1. The van der Waals surface area contributed by atoms with Crippen molar-refractivity contribution in [3.8, 4) is 0 Å². The Morgan fingerprint density at radius 2 is 1.05 bits per heavy atom. The average Bonchev–Trinajstić information content (AvgIpc) is 2.22. The number of rotatable bonds is 7. The zero-order valence-electron chi connectivity index (χ0n) is 13.0. The van der Waals surface area contributed by atoms with E-state index in [0.29, 0.717) is 0 Å². The van der Waals surface area contributed by atoms with Gasteiger partial charge in [-0.25, -0.2) is 0 Å². The smallest absolute Gasteiger partial charge is 0.321 e. The van der Waals surface area contributed by atoms with Gasteiger partial charge in [0.05, 0.1) is 24.7 Å². The highest BCUT2D eigenvalue weighted by Gasteiger charge is 2.34. The predicted octanol–water partition coefficient (Wildman–Crippen LogP) is 1.85. The van der Waals surface area contributed by atoms with Gasteiger partial charge >= 0.3 is 17.9 Å². The second-order valence-electron chi connectivity index (χ2n) is 5.27. The highest BCUT2D eigenvalue weighted by molar-refractivity contribution is 5.98. The zero-order chi connectivity index (χ0) is 15.9. The van der Waals surface area contributed by atoms with Gasteiger partial charge < -0.3 is 14.2 Å². The molecule has 0 aromatic carbocycles. The minimum atomic E-state index is -1.29. The second kappa shape index (κ2) is 8.55. The molecule has 0 aromatic heterocycles. The standard InChI is InChI=1S/C14H24O6/c1-8(2)18-12(15)7-11(13(16)19-9(3)4)14(17)20-10(5)6/h8-11H,7H2,1-6H3. The number of hydrogen-bond donors (Lipinski definition) is 0. The number of esters is 3. The van der Waals surface area contributed by atoms with Crippen LogP contribution >= 0.6 is 0 Å². The van der Waals surface area contributed by atoms with E-state index in [4.69, 9.17) is 14.2 Å². The van der Waals surface area contributed by atoms with Crippen molar-refractivity contribution in [1.29, 1.82) is 0 Å². The fourth-order valence-electron chi connectivity index (χ4n) is 1.37. The van der Waals surface area contributed by atoms with Gasteiger partial charge in [0.25, 0.3) is 0 Å². The van der Waals surface area contributed by atoms with Crippen LogP contribution in [0, 0.1) is 5.92 Å². The first-order valence-corrected chi connectivity index (χ1v) is 6.74. The number of carbonyl (C=O) groups excluding carboxylic acids is 3. The van der Waals surface area contributed by atoms with Gasteiger partial charge in [-0.05, 0) is 41.5 Å². The molecule has 0 aliphatic rings. The summed E-state index contributed by atoms with van der Waals surface area (Å²) >= 11 is 0. The molecule has 20 heavy (non-hydrogen) atoms. The van der Waals surface area contributed by atoms with Crippen LogP contribution in [-0.2, 0) is 28.6 Å². The average molecular weight is 288 g/mol. The summed E-state index contributed by atoms with van der Waals surface area (Å²) in [5.74, 6) is -3.46. The van der Waals surface area contributed by atoms with Gasteiger partial charge in [0.15, 0.2) is 5.92 Å². The monoisotopic (exact) mass is 288 g/mol. The van der Waals surface area contributed by atoms with Crippen molar-refractivity contribution in [3.63, 3.8) is 0 Å². The van der Waals surface area contributed by atoms with E-state index in [0.717, 1.165) is 0 Å². The van der Waals surface area contributed by atoms with Gasteiger partial charge in [0.2, 0.25) is 0 Å². The minimum Gasteiger partial charge on any atom is -0.463 e. The highest BCUT2D eigenvalue weighted by atomic mass is 16.6. The summed E-state index contributed by atoms with van der Waals surface area (Å²) in [6.07, 6.45) is -1.45. The quantitative estimate of drug-likeness (QED) is 0.404. The first kappa shape index (κ1) is 18.4. The van der Waals surface area contributed by atoms with Crippen molar-refractivity contribution in [1.82, 2.24) is 0 Å². The third-order valence-corrected chi connectivity index (χ3v) is 2.01. The molecule has 0 heterocycles. The van der Waals surface area contributed by atoms with E-state index in [1.54, 1.807) is 41.5 Å². The molecule has 0 N–H and O–H groups in total. The van der Waals surface area contributed by atoms with Crippen molar-refractivity contribution in [2.75, 3.05) is 0 Å². The molecule has 116 valence electrons. The maximum Gasteiger partial charge on any atom is 0.321 e. The maximum atomic E-state index is 11.9. The fraction of sp³-hybridized carbons (Fsp3) is 0.786. The molecule has 6 nitrogen and oxygen atoms in total. The summed E-state index contributed by atoms with van der Waals surface area (Å²) in [6.45, 7) is 10.0. The van der Waals surface area contributed by atoms with Gasteiger partial charge in [-0.3, -0.25) is 14.4 Å². The van der Waals surface area contributed by atoms with Crippen LogP contribution in [0.3, 0.4) is 0 Å². The zero-order valence-corrected chi connectivity index (χ0v) is 13.0. The number of hydrogen-bond acceptors (Lipinski definition) is 6. The van der Waals surface area contributed by atoms with E-state index in [2.05, 4.69) is 0 Å². The SMILES string of the molecule is CC(C)OC(=O)CC(C(=O)OC(C)C)C(=O)OC(C)C. The lowest BCUT2D eigenvalue weighted by Crippen LogP contribution is -2.33. The molecule has 0 bridgehead atoms. The van der Waals surface area contributed by atoms with E-state index in [-0.39, 0.29) is 24.7 Å². The lowest BCUT2D eigenvalue weighted by atomic mass is 10.1. The minimum absolute atomic E-state index is 0.314. The Morgan fingerprint density at radius 1 is 0.700 bits per heavy atom. The molecule has 6 heteroatoms. The lowest BCUT2D eigenvalue weighted by molar-refractivity contribution is -0.171. The van der Waals surface area contributed by atoms with E-state index < -0.39 is 23.8 Å². The lowest BCUT2D eigenvalue weighted by Gasteiger charge is -2.18. The summed E-state index contributed by atoms with van der Waals surface area (Å²) in [5, 5.41) is 0. The van der Waals surface area contributed by atoms with Gasteiger partial charge in [0.1, 0.15) is 0 Å². The van der Waals surface area contributed by atoms with Crippen LogP contribution in [0.4, 0.5) is 0 Å². The Kier molecular flexibility index (Phi) is 7.87. The summed E-state index contributed by atoms with van der Waals surface area (Å²) in [6, 6.07) is 0.